The summed E-state index contributed by atoms with van der Waals surface area (Å²) in [6, 6.07) is 7.87. The quantitative estimate of drug-likeness (QED) is 0.839. The molecule has 0 saturated heterocycles. The second kappa shape index (κ2) is 5.81. The first-order valence-electron chi connectivity index (χ1n) is 9.30. The lowest BCUT2D eigenvalue weighted by atomic mass is 9.50. The number of hydrogen-bond acceptors (Lipinski definition) is 5. The van der Waals surface area contributed by atoms with Gasteiger partial charge in [0.05, 0.1) is 11.1 Å². The second-order valence-corrected chi connectivity index (χ2v) is 9.19. The first-order chi connectivity index (χ1) is 12.6. The van der Waals surface area contributed by atoms with Gasteiger partial charge in [0, 0.05) is 10.4 Å². The van der Waals surface area contributed by atoms with Gasteiger partial charge in [0.2, 0.25) is 0 Å². The fourth-order valence-electron chi connectivity index (χ4n) is 6.12. The molecule has 2 atom stereocenters. The number of nitrogens with one attached hydrogen (secondary N) is 1. The third-order valence-corrected chi connectivity index (χ3v) is 7.33. The van der Waals surface area contributed by atoms with Crippen LogP contribution in [-0.2, 0) is 5.54 Å². The van der Waals surface area contributed by atoms with Crippen molar-refractivity contribution in [2.45, 2.75) is 54.5 Å². The van der Waals surface area contributed by atoms with Gasteiger partial charge in [0.15, 0.2) is 6.33 Å². The van der Waals surface area contributed by atoms with Crippen LogP contribution >= 0.6 is 11.8 Å². The van der Waals surface area contributed by atoms with Crippen molar-refractivity contribution >= 4 is 17.7 Å². The van der Waals surface area contributed by atoms with Crippen LogP contribution in [0.3, 0.4) is 0 Å². The van der Waals surface area contributed by atoms with Gasteiger partial charge >= 0.3 is 0 Å². The predicted octanol–water partition coefficient (Wildman–Crippen LogP) is 2.87. The molecule has 0 aliphatic heterocycles. The summed E-state index contributed by atoms with van der Waals surface area (Å²) in [5.74, 6) is 1.33. The largest absolute Gasteiger partial charge is 0.346 e. The van der Waals surface area contributed by atoms with Crippen LogP contribution < -0.4 is 5.32 Å². The molecule has 2 aromatic rings. The lowest BCUT2D eigenvalue weighted by Gasteiger charge is -2.61. The summed E-state index contributed by atoms with van der Waals surface area (Å²) in [7, 11) is 0. The van der Waals surface area contributed by atoms with Gasteiger partial charge in [-0.3, -0.25) is 4.79 Å². The fraction of sp³-hybridized carbons (Fsp3) is 0.579. The maximum atomic E-state index is 13.1. The van der Waals surface area contributed by atoms with Gasteiger partial charge in [-0.2, -0.15) is 4.80 Å². The van der Waals surface area contributed by atoms with Crippen molar-refractivity contribution in [3.8, 4) is 0 Å². The van der Waals surface area contributed by atoms with E-state index >= 15 is 0 Å². The number of tetrazole rings is 1. The highest BCUT2D eigenvalue weighted by Gasteiger charge is 2.60. The van der Waals surface area contributed by atoms with E-state index in [1.807, 2.05) is 35.3 Å². The van der Waals surface area contributed by atoms with E-state index < -0.39 is 0 Å². The summed E-state index contributed by atoms with van der Waals surface area (Å²) in [6.45, 7) is 0. The van der Waals surface area contributed by atoms with Gasteiger partial charge in [0.1, 0.15) is 0 Å². The molecule has 1 aromatic heterocycles. The van der Waals surface area contributed by atoms with Crippen LogP contribution in [0.25, 0.3) is 0 Å². The Hall–Kier alpha value is -1.89. The van der Waals surface area contributed by atoms with Crippen LogP contribution in [-0.4, -0.2) is 37.9 Å². The van der Waals surface area contributed by atoms with Crippen LogP contribution in [0.4, 0.5) is 0 Å². The number of carbonyl (C=O) groups excluding carboxylic acids is 1. The number of benzene rings is 1. The van der Waals surface area contributed by atoms with Crippen molar-refractivity contribution in [2.75, 3.05) is 6.26 Å². The summed E-state index contributed by atoms with van der Waals surface area (Å²) in [5, 5.41) is 16.0. The smallest absolute Gasteiger partial charge is 0.252 e. The maximum Gasteiger partial charge on any atom is 0.252 e. The molecule has 2 unspecified atom stereocenters. The zero-order valence-corrected chi connectivity index (χ0v) is 15.7. The summed E-state index contributed by atoms with van der Waals surface area (Å²) in [5.41, 5.74) is 0.566. The third-order valence-electron chi connectivity index (χ3n) is 6.53. The number of nitrogens with zero attached hydrogens (tertiary/aromatic N) is 4. The third kappa shape index (κ3) is 2.47. The molecule has 1 heterocycles. The van der Waals surface area contributed by atoms with Gasteiger partial charge in [-0.15, -0.1) is 22.0 Å². The Morgan fingerprint density at radius 3 is 2.69 bits per heavy atom. The number of amides is 1. The first-order valence-corrected chi connectivity index (χ1v) is 10.5. The van der Waals surface area contributed by atoms with Gasteiger partial charge in [-0.25, -0.2) is 0 Å². The second-order valence-electron chi connectivity index (χ2n) is 8.35. The normalized spacial score (nSPS) is 34.8. The van der Waals surface area contributed by atoms with E-state index in [9.17, 15) is 4.79 Å². The van der Waals surface area contributed by atoms with E-state index in [-0.39, 0.29) is 17.0 Å². The molecule has 4 fully saturated rings. The summed E-state index contributed by atoms with van der Waals surface area (Å²) in [4.78, 5) is 16.0. The topological polar surface area (TPSA) is 72.7 Å². The summed E-state index contributed by atoms with van der Waals surface area (Å²) >= 11 is 1.62. The highest BCUT2D eigenvalue weighted by molar-refractivity contribution is 7.98. The Bertz CT molecular complexity index is 822. The molecule has 1 aromatic carbocycles. The maximum absolute atomic E-state index is 13.1. The highest BCUT2D eigenvalue weighted by atomic mass is 32.2. The molecule has 4 aliphatic carbocycles. The monoisotopic (exact) mass is 369 g/mol. The zero-order valence-electron chi connectivity index (χ0n) is 14.9. The zero-order chi connectivity index (χ0) is 17.8. The average molecular weight is 369 g/mol. The minimum absolute atomic E-state index is 0.0543. The predicted molar refractivity (Wildman–Crippen MR) is 98.9 cm³/mol. The SMILES string of the molecule is CSc1ccccc1C(=O)NC12CC3CC(C1)CC(n1ncnn1)(C3)C2. The fourth-order valence-corrected chi connectivity index (χ4v) is 6.71. The molecule has 4 saturated carbocycles. The Morgan fingerprint density at radius 1 is 1.23 bits per heavy atom. The Kier molecular flexibility index (Phi) is 3.64. The molecule has 4 aliphatic rings. The Balaban J connectivity index is 1.46. The average Bonchev–Trinajstić information content (AvgIpc) is 3.15. The van der Waals surface area contributed by atoms with Crippen LogP contribution in [0.15, 0.2) is 35.5 Å². The standard InChI is InChI=1S/C19H23N5OS/c1-26-16-5-3-2-4-15(16)17(25)22-18-7-13-6-14(8-18)10-19(9-13,11-18)24-21-12-20-23-24/h2-5,12-14H,6-11H2,1H3,(H,22,25). The molecular formula is C19H23N5OS. The van der Waals surface area contributed by atoms with E-state index in [0.29, 0.717) is 11.8 Å². The van der Waals surface area contributed by atoms with Crippen LogP contribution in [0.5, 0.6) is 0 Å². The molecule has 136 valence electrons. The van der Waals surface area contributed by atoms with Crippen LogP contribution in [0.2, 0.25) is 0 Å². The van der Waals surface area contributed by atoms with Crippen molar-refractivity contribution < 1.29 is 4.79 Å². The van der Waals surface area contributed by atoms with Gasteiger partial charge in [-0.1, -0.05) is 12.1 Å². The van der Waals surface area contributed by atoms with Gasteiger partial charge < -0.3 is 5.32 Å². The van der Waals surface area contributed by atoms with Crippen molar-refractivity contribution in [1.29, 1.82) is 0 Å². The lowest BCUT2D eigenvalue weighted by molar-refractivity contribution is -0.0810. The molecule has 0 spiro atoms. The number of rotatable bonds is 4. The number of carbonyl (C=O) groups is 1. The van der Waals surface area contributed by atoms with E-state index in [2.05, 4.69) is 20.7 Å². The molecular weight excluding hydrogens is 346 g/mol. The molecule has 26 heavy (non-hydrogen) atoms. The van der Waals surface area contributed by atoms with Crippen molar-refractivity contribution in [3.05, 3.63) is 36.2 Å². The molecule has 6 rings (SSSR count). The highest BCUT2D eigenvalue weighted by Crippen LogP contribution is 2.60. The van der Waals surface area contributed by atoms with Gasteiger partial charge in [0.25, 0.3) is 5.91 Å². The number of hydrogen-bond donors (Lipinski definition) is 1. The van der Waals surface area contributed by atoms with Crippen LogP contribution in [0.1, 0.15) is 48.9 Å². The Morgan fingerprint density at radius 2 is 2.00 bits per heavy atom. The van der Waals surface area contributed by atoms with E-state index in [0.717, 1.165) is 42.6 Å². The van der Waals surface area contributed by atoms with E-state index in [4.69, 9.17) is 0 Å². The molecule has 1 N–H and O–H groups in total. The molecule has 4 bridgehead atoms. The van der Waals surface area contributed by atoms with E-state index in [1.54, 1.807) is 11.8 Å². The van der Waals surface area contributed by atoms with E-state index in [1.165, 1.54) is 12.7 Å². The molecule has 7 heteroatoms. The molecule has 6 nitrogen and oxygen atoms in total. The summed E-state index contributed by atoms with van der Waals surface area (Å²) < 4.78 is 0. The summed E-state index contributed by atoms with van der Waals surface area (Å²) in [6.07, 6.45) is 10.1. The lowest BCUT2D eigenvalue weighted by Crippen LogP contribution is -2.66. The number of aromatic nitrogens is 4. The molecule has 1 amide bonds. The minimum Gasteiger partial charge on any atom is -0.346 e. The Labute approximate surface area is 157 Å². The van der Waals surface area contributed by atoms with Crippen LogP contribution in [0, 0.1) is 11.8 Å². The number of thioether (sulfide) groups is 1. The first kappa shape index (κ1) is 16.3. The van der Waals surface area contributed by atoms with Crippen molar-refractivity contribution in [1.82, 2.24) is 25.5 Å². The van der Waals surface area contributed by atoms with Crippen molar-refractivity contribution in [3.63, 3.8) is 0 Å². The minimum atomic E-state index is -0.139. The van der Waals surface area contributed by atoms with Gasteiger partial charge in [-0.05, 0) is 74.0 Å². The molecule has 0 radical (unpaired) electrons. The van der Waals surface area contributed by atoms with Crippen molar-refractivity contribution in [2.24, 2.45) is 11.8 Å².